The van der Waals surface area contributed by atoms with E-state index < -0.39 is 10.0 Å². The van der Waals surface area contributed by atoms with Crippen LogP contribution in [0.5, 0.6) is 0 Å². The molecule has 0 aliphatic carbocycles. The molecule has 0 radical (unpaired) electrons. The SMILES string of the molecule is CS(=O)(=O)N1CCc2ncc(CNc3ccccn3)n2CC1. The molecule has 0 saturated heterocycles. The molecule has 1 aliphatic heterocycles. The highest BCUT2D eigenvalue weighted by molar-refractivity contribution is 7.88. The maximum atomic E-state index is 11.7. The summed E-state index contributed by atoms with van der Waals surface area (Å²) in [6.45, 7) is 2.21. The molecule has 118 valence electrons. The van der Waals surface area contributed by atoms with Crippen molar-refractivity contribution in [3.63, 3.8) is 0 Å². The Morgan fingerprint density at radius 2 is 2.09 bits per heavy atom. The Hall–Kier alpha value is -1.93. The predicted molar refractivity (Wildman–Crippen MR) is 83.9 cm³/mol. The van der Waals surface area contributed by atoms with Gasteiger partial charge in [0.05, 0.1) is 24.7 Å². The zero-order valence-electron chi connectivity index (χ0n) is 12.4. The Kier molecular flexibility index (Phi) is 4.12. The van der Waals surface area contributed by atoms with E-state index in [1.165, 1.54) is 10.6 Å². The Bertz CT molecular complexity index is 742. The number of nitrogens with zero attached hydrogens (tertiary/aromatic N) is 4. The molecule has 3 heterocycles. The van der Waals surface area contributed by atoms with E-state index in [1.807, 2.05) is 24.4 Å². The standard InChI is InChI=1S/C14H19N5O2S/c1-22(20,21)18-7-5-14-17-11-12(19(14)9-8-18)10-16-13-4-2-3-6-15-13/h2-4,6,11H,5,7-10H2,1H3,(H,15,16). The van der Waals surface area contributed by atoms with Crippen molar-refractivity contribution < 1.29 is 8.42 Å². The summed E-state index contributed by atoms with van der Waals surface area (Å²) in [5.41, 5.74) is 1.04. The second-order valence-corrected chi connectivity index (χ2v) is 7.28. The van der Waals surface area contributed by atoms with Crippen molar-refractivity contribution in [1.29, 1.82) is 0 Å². The molecule has 0 spiro atoms. The molecule has 0 atom stereocenters. The van der Waals surface area contributed by atoms with Gasteiger partial charge < -0.3 is 9.88 Å². The maximum absolute atomic E-state index is 11.7. The van der Waals surface area contributed by atoms with Crippen LogP contribution in [-0.4, -0.2) is 46.6 Å². The number of sulfonamides is 1. The minimum Gasteiger partial charge on any atom is -0.364 e. The first-order chi connectivity index (χ1) is 10.5. The van der Waals surface area contributed by atoms with Crippen molar-refractivity contribution in [2.24, 2.45) is 0 Å². The molecule has 0 bridgehead atoms. The van der Waals surface area contributed by atoms with Crippen LogP contribution < -0.4 is 5.32 Å². The molecule has 0 aromatic carbocycles. The highest BCUT2D eigenvalue weighted by Crippen LogP contribution is 2.14. The molecule has 3 rings (SSSR count). The molecular formula is C14H19N5O2S. The number of rotatable bonds is 4. The molecule has 2 aromatic rings. The zero-order chi connectivity index (χ0) is 15.6. The van der Waals surface area contributed by atoms with E-state index in [4.69, 9.17) is 0 Å². The summed E-state index contributed by atoms with van der Waals surface area (Å²) in [5.74, 6) is 1.74. The molecule has 0 saturated carbocycles. The minimum atomic E-state index is -3.15. The van der Waals surface area contributed by atoms with Crippen molar-refractivity contribution in [2.75, 3.05) is 24.7 Å². The molecule has 0 fully saturated rings. The third-order valence-corrected chi connectivity index (χ3v) is 5.07. The number of aromatic nitrogens is 3. The molecule has 0 unspecified atom stereocenters. The van der Waals surface area contributed by atoms with Crippen molar-refractivity contribution in [1.82, 2.24) is 18.8 Å². The summed E-state index contributed by atoms with van der Waals surface area (Å²) in [4.78, 5) is 8.65. The van der Waals surface area contributed by atoms with Crippen LogP contribution in [0, 0.1) is 0 Å². The molecule has 8 heteroatoms. The van der Waals surface area contributed by atoms with Gasteiger partial charge in [0.1, 0.15) is 11.6 Å². The first-order valence-electron chi connectivity index (χ1n) is 7.17. The lowest BCUT2D eigenvalue weighted by Crippen LogP contribution is -2.32. The van der Waals surface area contributed by atoms with Gasteiger partial charge in [0, 0.05) is 32.3 Å². The third kappa shape index (κ3) is 3.28. The molecule has 2 aromatic heterocycles. The lowest BCUT2D eigenvalue weighted by Gasteiger charge is -2.16. The van der Waals surface area contributed by atoms with Crippen LogP contribution in [0.3, 0.4) is 0 Å². The fraction of sp³-hybridized carbons (Fsp3) is 0.429. The van der Waals surface area contributed by atoms with Crippen LogP contribution in [0.4, 0.5) is 5.82 Å². The Balaban J connectivity index is 1.71. The Labute approximate surface area is 130 Å². The van der Waals surface area contributed by atoms with E-state index >= 15 is 0 Å². The normalized spacial score (nSPS) is 16.0. The van der Waals surface area contributed by atoms with Crippen LogP contribution in [0.1, 0.15) is 11.5 Å². The molecular weight excluding hydrogens is 302 g/mol. The number of hydrogen-bond donors (Lipinski definition) is 1. The topological polar surface area (TPSA) is 80.1 Å². The third-order valence-electron chi connectivity index (χ3n) is 3.76. The van der Waals surface area contributed by atoms with Gasteiger partial charge in [0.15, 0.2) is 0 Å². The molecule has 0 amide bonds. The van der Waals surface area contributed by atoms with Gasteiger partial charge in [0.25, 0.3) is 0 Å². The van der Waals surface area contributed by atoms with Crippen LogP contribution in [-0.2, 0) is 29.5 Å². The van der Waals surface area contributed by atoms with Gasteiger partial charge in [0.2, 0.25) is 10.0 Å². The summed E-state index contributed by atoms with van der Waals surface area (Å²) in [5, 5.41) is 3.26. The average Bonchev–Trinajstić information content (AvgIpc) is 2.74. The van der Waals surface area contributed by atoms with E-state index in [9.17, 15) is 8.42 Å². The number of pyridine rings is 1. The summed E-state index contributed by atoms with van der Waals surface area (Å²) >= 11 is 0. The summed E-state index contributed by atoms with van der Waals surface area (Å²) in [6, 6.07) is 5.71. The molecule has 22 heavy (non-hydrogen) atoms. The number of hydrogen-bond acceptors (Lipinski definition) is 5. The highest BCUT2D eigenvalue weighted by Gasteiger charge is 2.22. The lowest BCUT2D eigenvalue weighted by atomic mass is 10.4. The van der Waals surface area contributed by atoms with Gasteiger partial charge >= 0.3 is 0 Å². The van der Waals surface area contributed by atoms with Crippen molar-refractivity contribution in [3.05, 3.63) is 42.1 Å². The number of nitrogens with one attached hydrogen (secondary N) is 1. The largest absolute Gasteiger partial charge is 0.364 e. The van der Waals surface area contributed by atoms with E-state index in [2.05, 4.69) is 19.9 Å². The second kappa shape index (κ2) is 6.05. The smallest absolute Gasteiger partial charge is 0.211 e. The van der Waals surface area contributed by atoms with E-state index in [1.54, 1.807) is 6.20 Å². The van der Waals surface area contributed by atoms with E-state index in [-0.39, 0.29) is 0 Å². The summed E-state index contributed by atoms with van der Waals surface area (Å²) in [6.07, 6.45) is 5.48. The van der Waals surface area contributed by atoms with Crippen LogP contribution in [0.15, 0.2) is 30.6 Å². The lowest BCUT2D eigenvalue weighted by molar-refractivity contribution is 0.417. The van der Waals surface area contributed by atoms with Gasteiger partial charge in [-0.1, -0.05) is 6.07 Å². The number of imidazole rings is 1. The fourth-order valence-electron chi connectivity index (χ4n) is 2.60. The van der Waals surface area contributed by atoms with Gasteiger partial charge in [-0.3, -0.25) is 0 Å². The summed E-state index contributed by atoms with van der Waals surface area (Å²) < 4.78 is 27.0. The van der Waals surface area contributed by atoms with Gasteiger partial charge in [-0.05, 0) is 12.1 Å². The van der Waals surface area contributed by atoms with Gasteiger partial charge in [-0.2, -0.15) is 4.31 Å². The van der Waals surface area contributed by atoms with Gasteiger partial charge in [-0.15, -0.1) is 0 Å². The highest BCUT2D eigenvalue weighted by atomic mass is 32.2. The van der Waals surface area contributed by atoms with E-state index in [0.717, 1.165) is 17.3 Å². The van der Waals surface area contributed by atoms with Crippen LogP contribution in [0.2, 0.25) is 0 Å². The fourth-order valence-corrected chi connectivity index (χ4v) is 3.43. The first kappa shape index (κ1) is 15.0. The molecule has 1 aliphatic rings. The van der Waals surface area contributed by atoms with Gasteiger partial charge in [-0.25, -0.2) is 18.4 Å². The first-order valence-corrected chi connectivity index (χ1v) is 9.02. The Morgan fingerprint density at radius 1 is 1.23 bits per heavy atom. The maximum Gasteiger partial charge on any atom is 0.211 e. The minimum absolute atomic E-state index is 0.485. The quantitative estimate of drug-likeness (QED) is 0.897. The zero-order valence-corrected chi connectivity index (χ0v) is 13.3. The Morgan fingerprint density at radius 3 is 2.82 bits per heavy atom. The predicted octanol–water partition coefficient (Wildman–Crippen LogP) is 0.708. The molecule has 7 nitrogen and oxygen atoms in total. The number of anilines is 1. The van der Waals surface area contributed by atoms with Crippen molar-refractivity contribution >= 4 is 15.8 Å². The number of fused-ring (bicyclic) bond motifs is 1. The molecule has 1 N–H and O–H groups in total. The monoisotopic (exact) mass is 321 g/mol. The summed E-state index contributed by atoms with van der Waals surface area (Å²) in [7, 11) is -3.15. The average molecular weight is 321 g/mol. The van der Waals surface area contributed by atoms with Crippen LogP contribution >= 0.6 is 0 Å². The van der Waals surface area contributed by atoms with E-state index in [0.29, 0.717) is 32.6 Å². The van der Waals surface area contributed by atoms with Crippen molar-refractivity contribution in [2.45, 2.75) is 19.5 Å². The van der Waals surface area contributed by atoms with Crippen molar-refractivity contribution in [3.8, 4) is 0 Å². The second-order valence-electron chi connectivity index (χ2n) is 5.30. The van der Waals surface area contributed by atoms with Crippen LogP contribution in [0.25, 0.3) is 0 Å².